The van der Waals surface area contributed by atoms with E-state index in [0.717, 1.165) is 6.42 Å². The lowest BCUT2D eigenvalue weighted by Crippen LogP contribution is -2.25. The molecule has 7 heteroatoms. The quantitative estimate of drug-likeness (QED) is 0.829. The standard InChI is InChI=1S/C13H16ClN3O2S/c1-17-10-15-13(12(17)14)20(18,19)16-9-5-8-11-6-3-2-4-7-11/h2-4,6-7,10,16H,5,8-9H2,1H3. The average molecular weight is 314 g/mol. The van der Waals surface area contributed by atoms with Crippen LogP contribution in [0.1, 0.15) is 12.0 Å². The average Bonchev–Trinajstić information content (AvgIpc) is 2.77. The zero-order valence-electron chi connectivity index (χ0n) is 11.1. The van der Waals surface area contributed by atoms with Gasteiger partial charge in [-0.1, -0.05) is 41.9 Å². The lowest BCUT2D eigenvalue weighted by molar-refractivity contribution is 0.575. The predicted molar refractivity (Wildman–Crippen MR) is 78.2 cm³/mol. The number of halogens is 1. The molecule has 0 atom stereocenters. The molecule has 0 aliphatic carbocycles. The van der Waals surface area contributed by atoms with E-state index in [-0.39, 0.29) is 10.2 Å². The number of nitrogens with zero attached hydrogens (tertiary/aromatic N) is 2. The van der Waals surface area contributed by atoms with E-state index in [9.17, 15) is 8.42 Å². The molecule has 5 nitrogen and oxygen atoms in total. The van der Waals surface area contributed by atoms with Crippen molar-refractivity contribution in [3.63, 3.8) is 0 Å². The molecule has 0 aliphatic heterocycles. The fourth-order valence-corrected chi connectivity index (χ4v) is 3.28. The summed E-state index contributed by atoms with van der Waals surface area (Å²) in [5.74, 6) is 0. The van der Waals surface area contributed by atoms with Crippen LogP contribution in [0.2, 0.25) is 5.15 Å². The Hall–Kier alpha value is -1.37. The van der Waals surface area contributed by atoms with Crippen molar-refractivity contribution < 1.29 is 8.42 Å². The van der Waals surface area contributed by atoms with Crippen LogP contribution < -0.4 is 4.72 Å². The molecule has 0 radical (unpaired) electrons. The molecule has 1 heterocycles. The Morgan fingerprint density at radius 3 is 2.60 bits per heavy atom. The Balaban J connectivity index is 1.89. The van der Waals surface area contributed by atoms with Crippen LogP contribution in [0, 0.1) is 0 Å². The fourth-order valence-electron chi connectivity index (χ4n) is 1.79. The number of benzene rings is 1. The van der Waals surface area contributed by atoms with Crippen LogP contribution in [-0.2, 0) is 23.5 Å². The number of sulfonamides is 1. The maximum Gasteiger partial charge on any atom is 0.261 e. The molecule has 0 bridgehead atoms. The van der Waals surface area contributed by atoms with Crippen molar-refractivity contribution in [2.24, 2.45) is 7.05 Å². The normalized spacial score (nSPS) is 11.7. The minimum absolute atomic E-state index is 0.112. The summed E-state index contributed by atoms with van der Waals surface area (Å²) in [6.07, 6.45) is 2.91. The third kappa shape index (κ3) is 3.59. The Kier molecular flexibility index (Phi) is 4.80. The molecule has 2 rings (SSSR count). The SMILES string of the molecule is Cn1cnc(S(=O)(=O)NCCCc2ccccc2)c1Cl. The molecule has 20 heavy (non-hydrogen) atoms. The molecule has 1 aromatic carbocycles. The van der Waals surface area contributed by atoms with Crippen LogP contribution in [0.25, 0.3) is 0 Å². The molecule has 0 spiro atoms. The molecule has 1 aromatic heterocycles. The summed E-state index contributed by atoms with van der Waals surface area (Å²) < 4.78 is 28.0. The number of imidazole rings is 1. The van der Waals surface area contributed by atoms with E-state index in [1.54, 1.807) is 7.05 Å². The Morgan fingerprint density at radius 2 is 2.00 bits per heavy atom. The third-order valence-electron chi connectivity index (χ3n) is 2.87. The minimum atomic E-state index is -3.64. The second kappa shape index (κ2) is 6.39. The van der Waals surface area contributed by atoms with E-state index >= 15 is 0 Å². The second-order valence-electron chi connectivity index (χ2n) is 4.44. The largest absolute Gasteiger partial charge is 0.324 e. The van der Waals surface area contributed by atoms with Crippen molar-refractivity contribution in [1.29, 1.82) is 0 Å². The van der Waals surface area contributed by atoms with Gasteiger partial charge in [0.1, 0.15) is 5.15 Å². The smallest absolute Gasteiger partial charge is 0.261 e. The van der Waals surface area contributed by atoms with Crippen molar-refractivity contribution in [2.45, 2.75) is 17.9 Å². The number of nitrogens with one attached hydrogen (secondary N) is 1. The molecule has 0 saturated carbocycles. The number of hydrogen-bond acceptors (Lipinski definition) is 3. The van der Waals surface area contributed by atoms with Crippen molar-refractivity contribution in [1.82, 2.24) is 14.3 Å². The van der Waals surface area contributed by atoms with Crippen molar-refractivity contribution >= 4 is 21.6 Å². The topological polar surface area (TPSA) is 64.0 Å². The van der Waals surface area contributed by atoms with E-state index in [2.05, 4.69) is 9.71 Å². The summed E-state index contributed by atoms with van der Waals surface area (Å²) in [4.78, 5) is 3.80. The van der Waals surface area contributed by atoms with E-state index in [4.69, 9.17) is 11.6 Å². The molecular formula is C13H16ClN3O2S. The summed E-state index contributed by atoms with van der Waals surface area (Å²) in [5, 5.41) is -0.0121. The number of rotatable bonds is 6. The van der Waals surface area contributed by atoms with E-state index < -0.39 is 10.0 Å². The molecule has 2 aromatic rings. The maximum absolute atomic E-state index is 12.0. The molecule has 0 aliphatic rings. The molecule has 0 fully saturated rings. The van der Waals surface area contributed by atoms with Crippen LogP contribution in [0.3, 0.4) is 0 Å². The Labute approximate surface area is 123 Å². The van der Waals surface area contributed by atoms with Gasteiger partial charge in [0.05, 0.1) is 6.33 Å². The molecule has 0 amide bonds. The lowest BCUT2D eigenvalue weighted by atomic mass is 10.1. The predicted octanol–water partition coefficient (Wildman–Crippen LogP) is 1.98. The van der Waals surface area contributed by atoms with Crippen molar-refractivity contribution in [3.05, 3.63) is 47.4 Å². The highest BCUT2D eigenvalue weighted by Crippen LogP contribution is 2.18. The summed E-state index contributed by atoms with van der Waals surface area (Å²) in [6, 6.07) is 9.92. The first-order chi connectivity index (χ1) is 9.50. The van der Waals surface area contributed by atoms with Crippen LogP contribution >= 0.6 is 11.6 Å². The van der Waals surface area contributed by atoms with Crippen LogP contribution in [0.4, 0.5) is 0 Å². The van der Waals surface area contributed by atoms with Crippen molar-refractivity contribution in [2.75, 3.05) is 6.54 Å². The van der Waals surface area contributed by atoms with Crippen molar-refractivity contribution in [3.8, 4) is 0 Å². The summed E-state index contributed by atoms with van der Waals surface area (Å²) >= 11 is 5.88. The van der Waals surface area contributed by atoms with Gasteiger partial charge >= 0.3 is 0 Å². The summed E-state index contributed by atoms with van der Waals surface area (Å²) in [7, 11) is -2.00. The van der Waals surface area contributed by atoms with E-state index in [1.807, 2.05) is 30.3 Å². The highest BCUT2D eigenvalue weighted by molar-refractivity contribution is 7.89. The van der Waals surface area contributed by atoms with Gasteiger partial charge in [-0.2, -0.15) is 0 Å². The van der Waals surface area contributed by atoms with Crippen LogP contribution in [-0.4, -0.2) is 24.5 Å². The first-order valence-electron chi connectivity index (χ1n) is 6.21. The molecular weight excluding hydrogens is 298 g/mol. The Morgan fingerprint density at radius 1 is 1.30 bits per heavy atom. The summed E-state index contributed by atoms with van der Waals surface area (Å²) in [5.41, 5.74) is 1.18. The van der Waals surface area contributed by atoms with Crippen LogP contribution in [0.15, 0.2) is 41.7 Å². The molecule has 0 saturated heterocycles. The third-order valence-corrected chi connectivity index (χ3v) is 4.82. The number of hydrogen-bond donors (Lipinski definition) is 1. The number of aromatic nitrogens is 2. The Bertz CT molecular complexity index is 668. The molecule has 1 N–H and O–H groups in total. The van der Waals surface area contributed by atoms with E-state index in [1.165, 1.54) is 16.5 Å². The number of aryl methyl sites for hydroxylation is 2. The zero-order valence-corrected chi connectivity index (χ0v) is 12.7. The first kappa shape index (κ1) is 15.0. The van der Waals surface area contributed by atoms with Crippen LogP contribution in [0.5, 0.6) is 0 Å². The van der Waals surface area contributed by atoms with E-state index in [0.29, 0.717) is 13.0 Å². The molecule has 108 valence electrons. The lowest BCUT2D eigenvalue weighted by Gasteiger charge is -2.05. The van der Waals surface area contributed by atoms with Gasteiger partial charge in [0.25, 0.3) is 10.0 Å². The fraction of sp³-hybridized carbons (Fsp3) is 0.308. The monoisotopic (exact) mass is 313 g/mol. The van der Waals surface area contributed by atoms with Gasteiger partial charge in [-0.3, -0.25) is 0 Å². The second-order valence-corrected chi connectivity index (χ2v) is 6.48. The van der Waals surface area contributed by atoms with Gasteiger partial charge in [0, 0.05) is 13.6 Å². The highest BCUT2D eigenvalue weighted by Gasteiger charge is 2.21. The summed E-state index contributed by atoms with van der Waals surface area (Å²) in [6.45, 7) is 0.351. The maximum atomic E-state index is 12.0. The van der Waals surface area contributed by atoms with Gasteiger partial charge in [-0.05, 0) is 18.4 Å². The zero-order chi connectivity index (χ0) is 14.6. The van der Waals surface area contributed by atoms with Gasteiger partial charge in [-0.25, -0.2) is 18.1 Å². The molecule has 0 unspecified atom stereocenters. The van der Waals surface area contributed by atoms with Gasteiger partial charge in [0.2, 0.25) is 5.03 Å². The van der Waals surface area contributed by atoms with Gasteiger partial charge < -0.3 is 4.57 Å². The first-order valence-corrected chi connectivity index (χ1v) is 8.07. The minimum Gasteiger partial charge on any atom is -0.324 e. The van der Waals surface area contributed by atoms with Gasteiger partial charge in [-0.15, -0.1) is 0 Å². The highest BCUT2D eigenvalue weighted by atomic mass is 35.5. The van der Waals surface area contributed by atoms with Gasteiger partial charge in [0.15, 0.2) is 0 Å².